The monoisotopic (exact) mass is 363 g/mol. The van der Waals surface area contributed by atoms with Crippen LogP contribution < -0.4 is 5.32 Å². The van der Waals surface area contributed by atoms with Crippen LogP contribution in [0, 0.1) is 5.92 Å². The first-order valence-corrected chi connectivity index (χ1v) is 9.16. The number of fused-ring (bicyclic) bond motifs is 1. The summed E-state index contributed by atoms with van der Waals surface area (Å²) in [6.45, 7) is 0. The number of benzene rings is 2. The van der Waals surface area contributed by atoms with Crippen molar-refractivity contribution in [3.8, 4) is 5.69 Å². The molecule has 1 aliphatic carbocycles. The van der Waals surface area contributed by atoms with Gasteiger partial charge in [0.15, 0.2) is 0 Å². The van der Waals surface area contributed by atoms with Gasteiger partial charge >= 0.3 is 5.97 Å². The van der Waals surface area contributed by atoms with E-state index in [0.29, 0.717) is 25.7 Å². The molecule has 138 valence electrons. The average Bonchev–Trinajstić information content (AvgIpc) is 3.01. The van der Waals surface area contributed by atoms with Crippen LogP contribution in [0.5, 0.6) is 0 Å². The van der Waals surface area contributed by atoms with Gasteiger partial charge in [-0.05, 0) is 37.1 Å². The van der Waals surface area contributed by atoms with E-state index < -0.39 is 5.97 Å². The number of rotatable bonds is 6. The molecule has 1 fully saturated rings. The lowest BCUT2D eigenvalue weighted by Crippen LogP contribution is -2.46. The molecule has 0 aliphatic heterocycles. The summed E-state index contributed by atoms with van der Waals surface area (Å²) in [5.74, 6) is -0.320. The van der Waals surface area contributed by atoms with Crippen molar-refractivity contribution < 1.29 is 14.7 Å². The van der Waals surface area contributed by atoms with Crippen LogP contribution >= 0.6 is 0 Å². The van der Waals surface area contributed by atoms with Crippen molar-refractivity contribution in [2.45, 2.75) is 31.7 Å². The number of para-hydroxylation sites is 3. The molecule has 6 heteroatoms. The van der Waals surface area contributed by atoms with Crippen LogP contribution in [-0.2, 0) is 16.0 Å². The van der Waals surface area contributed by atoms with Crippen molar-refractivity contribution >= 4 is 22.9 Å². The molecule has 0 atom stereocenters. The number of nitrogens with one attached hydrogen (secondary N) is 1. The van der Waals surface area contributed by atoms with Crippen molar-refractivity contribution in [2.24, 2.45) is 5.92 Å². The molecular weight excluding hydrogens is 342 g/mol. The van der Waals surface area contributed by atoms with Gasteiger partial charge in [-0.25, -0.2) is 4.98 Å². The third-order valence-electron chi connectivity index (χ3n) is 5.07. The molecule has 2 N–H and O–H groups in total. The number of carboxylic acid groups (broad SMARTS) is 1. The molecule has 1 aliphatic rings. The van der Waals surface area contributed by atoms with Gasteiger partial charge in [-0.15, -0.1) is 0 Å². The van der Waals surface area contributed by atoms with Gasteiger partial charge in [0.25, 0.3) is 0 Å². The van der Waals surface area contributed by atoms with Crippen LogP contribution in [0.25, 0.3) is 16.7 Å². The molecule has 1 heterocycles. The summed E-state index contributed by atoms with van der Waals surface area (Å²) >= 11 is 0. The Bertz CT molecular complexity index is 975. The van der Waals surface area contributed by atoms with Crippen LogP contribution in [0.1, 0.15) is 25.1 Å². The van der Waals surface area contributed by atoms with Gasteiger partial charge < -0.3 is 10.4 Å². The van der Waals surface area contributed by atoms with E-state index in [2.05, 4.69) is 9.88 Å². The molecule has 0 bridgehead atoms. The highest BCUT2D eigenvalue weighted by atomic mass is 16.4. The van der Waals surface area contributed by atoms with Crippen LogP contribution in [0.2, 0.25) is 0 Å². The zero-order valence-electron chi connectivity index (χ0n) is 14.8. The quantitative estimate of drug-likeness (QED) is 0.705. The van der Waals surface area contributed by atoms with Crippen molar-refractivity contribution in [2.75, 3.05) is 0 Å². The second kappa shape index (κ2) is 7.23. The summed E-state index contributed by atoms with van der Waals surface area (Å²) in [6, 6.07) is 17.9. The number of imidazole rings is 1. The highest BCUT2D eigenvalue weighted by molar-refractivity contribution is 5.80. The van der Waals surface area contributed by atoms with Crippen molar-refractivity contribution in [3.63, 3.8) is 0 Å². The number of hydrogen-bond donors (Lipinski definition) is 2. The van der Waals surface area contributed by atoms with Crippen LogP contribution in [0.4, 0.5) is 0 Å². The fraction of sp³-hybridized carbons (Fsp3) is 0.286. The number of hydrogen-bond acceptors (Lipinski definition) is 3. The Morgan fingerprint density at radius 3 is 2.52 bits per heavy atom. The number of carboxylic acids is 1. The molecule has 1 saturated carbocycles. The van der Waals surface area contributed by atoms with Crippen molar-refractivity contribution in [1.29, 1.82) is 0 Å². The Morgan fingerprint density at radius 1 is 1.07 bits per heavy atom. The predicted molar refractivity (Wildman–Crippen MR) is 102 cm³/mol. The highest BCUT2D eigenvalue weighted by Crippen LogP contribution is 2.27. The molecule has 4 rings (SSSR count). The van der Waals surface area contributed by atoms with Crippen molar-refractivity contribution in [1.82, 2.24) is 14.9 Å². The minimum atomic E-state index is -0.780. The summed E-state index contributed by atoms with van der Waals surface area (Å²) in [5.41, 5.74) is 2.94. The molecule has 27 heavy (non-hydrogen) atoms. The largest absolute Gasteiger partial charge is 0.481 e. The topological polar surface area (TPSA) is 84.2 Å². The summed E-state index contributed by atoms with van der Waals surface area (Å²) < 4.78 is 2.09. The van der Waals surface area contributed by atoms with Gasteiger partial charge in [0.05, 0.1) is 17.0 Å². The summed E-state index contributed by atoms with van der Waals surface area (Å²) in [4.78, 5) is 27.8. The maximum absolute atomic E-state index is 12.3. The predicted octanol–water partition coefficient (Wildman–Crippen LogP) is 2.94. The third-order valence-corrected chi connectivity index (χ3v) is 5.07. The minimum absolute atomic E-state index is 0.0217. The third kappa shape index (κ3) is 3.56. The Balaban J connectivity index is 1.48. The Hall–Kier alpha value is -3.15. The number of aromatic nitrogens is 2. The normalized spacial score (nSPS) is 18.8. The van der Waals surface area contributed by atoms with Crippen LogP contribution in [0.15, 0.2) is 54.6 Å². The molecule has 3 aromatic rings. The lowest BCUT2D eigenvalue weighted by molar-refractivity contribution is -0.146. The summed E-state index contributed by atoms with van der Waals surface area (Å²) in [6.07, 6.45) is 1.88. The second-order valence-electron chi connectivity index (χ2n) is 6.96. The summed E-state index contributed by atoms with van der Waals surface area (Å²) in [5, 5.41) is 11.8. The lowest BCUT2D eigenvalue weighted by Gasteiger charge is -2.32. The highest BCUT2D eigenvalue weighted by Gasteiger charge is 2.35. The minimum Gasteiger partial charge on any atom is -0.481 e. The standard InChI is InChI=1S/C21H21N3O3/c25-20(22-15-12-14(13-15)21(26)27)11-10-19-23-17-8-4-5-9-18(17)24(19)16-6-2-1-3-7-16/h1-9,14-15H,10-13H2,(H,22,25)(H,26,27). The van der Waals surface area contributed by atoms with E-state index in [9.17, 15) is 9.59 Å². The molecule has 0 radical (unpaired) electrons. The molecule has 1 amide bonds. The number of aliphatic carboxylic acids is 1. The zero-order chi connectivity index (χ0) is 18.8. The molecule has 2 aromatic carbocycles. The maximum Gasteiger partial charge on any atom is 0.306 e. The van der Waals surface area contributed by atoms with Gasteiger partial charge in [-0.3, -0.25) is 14.2 Å². The summed E-state index contributed by atoms with van der Waals surface area (Å²) in [7, 11) is 0. The second-order valence-corrected chi connectivity index (χ2v) is 6.96. The SMILES string of the molecule is O=C(CCc1nc2ccccc2n1-c1ccccc1)NC1CC(C(=O)O)C1. The first kappa shape index (κ1) is 17.3. The van der Waals surface area contributed by atoms with E-state index in [-0.39, 0.29) is 17.9 Å². The van der Waals surface area contributed by atoms with E-state index in [1.807, 2.05) is 54.6 Å². The van der Waals surface area contributed by atoms with Gasteiger partial charge in [-0.2, -0.15) is 0 Å². The first-order chi connectivity index (χ1) is 13.1. The fourth-order valence-corrected chi connectivity index (χ4v) is 3.57. The van der Waals surface area contributed by atoms with Crippen LogP contribution in [0.3, 0.4) is 0 Å². The Labute approximate surface area is 156 Å². The van der Waals surface area contributed by atoms with Gasteiger partial charge in [-0.1, -0.05) is 30.3 Å². The lowest BCUT2D eigenvalue weighted by atomic mass is 9.80. The van der Waals surface area contributed by atoms with Crippen molar-refractivity contribution in [3.05, 3.63) is 60.4 Å². The van der Waals surface area contributed by atoms with Gasteiger partial charge in [0.1, 0.15) is 5.82 Å². The Kier molecular flexibility index (Phi) is 4.62. The Morgan fingerprint density at radius 2 is 1.78 bits per heavy atom. The van der Waals surface area contributed by atoms with E-state index in [1.54, 1.807) is 0 Å². The molecule has 0 spiro atoms. The number of carbonyl (C=O) groups is 2. The zero-order valence-corrected chi connectivity index (χ0v) is 14.8. The molecule has 0 unspecified atom stereocenters. The molecule has 1 aromatic heterocycles. The maximum atomic E-state index is 12.3. The van der Waals surface area contributed by atoms with E-state index >= 15 is 0 Å². The smallest absolute Gasteiger partial charge is 0.306 e. The number of nitrogens with zero attached hydrogens (tertiary/aromatic N) is 2. The molecule has 0 saturated heterocycles. The number of carbonyl (C=O) groups excluding carboxylic acids is 1. The fourth-order valence-electron chi connectivity index (χ4n) is 3.57. The number of amides is 1. The number of aryl methyl sites for hydroxylation is 1. The van der Waals surface area contributed by atoms with E-state index in [1.165, 1.54) is 0 Å². The van der Waals surface area contributed by atoms with Gasteiger partial charge in [0.2, 0.25) is 5.91 Å². The first-order valence-electron chi connectivity index (χ1n) is 9.16. The van der Waals surface area contributed by atoms with Crippen LogP contribution in [-0.4, -0.2) is 32.6 Å². The molecular formula is C21H21N3O3. The molecule has 6 nitrogen and oxygen atoms in total. The van der Waals surface area contributed by atoms with Gasteiger partial charge in [0, 0.05) is 24.6 Å². The average molecular weight is 363 g/mol. The van der Waals surface area contributed by atoms with E-state index in [4.69, 9.17) is 10.1 Å². The van der Waals surface area contributed by atoms with E-state index in [0.717, 1.165) is 22.5 Å².